The molecule has 2 N–H and O–H groups in total. The molecule has 0 saturated carbocycles. The predicted octanol–water partition coefficient (Wildman–Crippen LogP) is 2.32. The molecular formula is C20H24N2O2S. The fourth-order valence-corrected chi connectivity index (χ4v) is 4.98. The average molecular weight is 356 g/mol. The summed E-state index contributed by atoms with van der Waals surface area (Å²) in [4.78, 5) is 15.6. The second-order valence-electron chi connectivity index (χ2n) is 7.17. The van der Waals surface area contributed by atoms with E-state index < -0.39 is 0 Å². The molecule has 1 aliphatic carbocycles. The van der Waals surface area contributed by atoms with Gasteiger partial charge in [-0.2, -0.15) is 0 Å². The van der Waals surface area contributed by atoms with Crippen LogP contribution in [-0.4, -0.2) is 41.7 Å². The van der Waals surface area contributed by atoms with Crippen LogP contribution in [0.2, 0.25) is 0 Å². The highest BCUT2D eigenvalue weighted by atomic mass is 32.1. The van der Waals surface area contributed by atoms with Gasteiger partial charge in [-0.15, -0.1) is 11.3 Å². The van der Waals surface area contributed by atoms with Crippen LogP contribution in [0, 0.1) is 0 Å². The van der Waals surface area contributed by atoms with E-state index in [2.05, 4.69) is 34.5 Å². The second kappa shape index (κ2) is 6.90. The Bertz CT molecular complexity index is 736. The van der Waals surface area contributed by atoms with Crippen molar-refractivity contribution in [3.8, 4) is 0 Å². The maximum atomic E-state index is 12.2. The molecule has 1 aliphatic heterocycles. The smallest absolute Gasteiger partial charge is 0.234 e. The van der Waals surface area contributed by atoms with Crippen molar-refractivity contribution in [3.63, 3.8) is 0 Å². The molecule has 0 bridgehead atoms. The van der Waals surface area contributed by atoms with Crippen molar-refractivity contribution in [2.45, 2.75) is 37.3 Å². The third-order valence-corrected chi connectivity index (χ3v) is 6.64. The molecule has 0 radical (unpaired) electrons. The molecule has 25 heavy (non-hydrogen) atoms. The highest BCUT2D eigenvalue weighted by Gasteiger charge is 2.47. The first kappa shape index (κ1) is 16.8. The lowest BCUT2D eigenvalue weighted by molar-refractivity contribution is -0.123. The van der Waals surface area contributed by atoms with Crippen LogP contribution >= 0.6 is 11.3 Å². The Morgan fingerprint density at radius 3 is 2.80 bits per heavy atom. The maximum absolute atomic E-state index is 12.2. The van der Waals surface area contributed by atoms with Crippen molar-refractivity contribution in [1.82, 2.24) is 10.2 Å². The highest BCUT2D eigenvalue weighted by molar-refractivity contribution is 7.09. The van der Waals surface area contributed by atoms with Gasteiger partial charge in [-0.05, 0) is 54.9 Å². The number of amides is 1. The number of fused-ring (bicyclic) bond motifs is 2. The topological polar surface area (TPSA) is 52.6 Å². The molecule has 5 heteroatoms. The van der Waals surface area contributed by atoms with Crippen LogP contribution in [0.4, 0.5) is 0 Å². The molecule has 1 aromatic heterocycles. The number of benzene rings is 1. The van der Waals surface area contributed by atoms with Gasteiger partial charge >= 0.3 is 0 Å². The molecule has 1 amide bonds. The third-order valence-electron chi connectivity index (χ3n) is 5.76. The van der Waals surface area contributed by atoms with Gasteiger partial charge < -0.3 is 10.4 Å². The average Bonchev–Trinajstić information content (AvgIpc) is 3.23. The number of hydrogen-bond donors (Lipinski definition) is 2. The molecule has 1 spiro atoms. The zero-order valence-electron chi connectivity index (χ0n) is 14.3. The minimum Gasteiger partial charge on any atom is -0.392 e. The molecule has 0 unspecified atom stereocenters. The number of carbonyl (C=O) groups is 1. The van der Waals surface area contributed by atoms with Crippen LogP contribution < -0.4 is 5.32 Å². The zero-order valence-corrected chi connectivity index (χ0v) is 15.1. The summed E-state index contributed by atoms with van der Waals surface area (Å²) in [5.41, 5.74) is 2.50. The molecular weight excluding hydrogens is 332 g/mol. The number of hydrogen-bond acceptors (Lipinski definition) is 4. The van der Waals surface area contributed by atoms with Crippen LogP contribution in [0.1, 0.15) is 28.8 Å². The van der Waals surface area contributed by atoms with Crippen LogP contribution in [0.5, 0.6) is 0 Å². The SMILES string of the molecule is O=C(CN1CCC2(CC1)c1ccccc1C[C@H]2O)NCc1cccs1. The first-order valence-corrected chi connectivity index (χ1v) is 9.83. The fraction of sp³-hybridized carbons (Fsp3) is 0.450. The molecule has 132 valence electrons. The van der Waals surface area contributed by atoms with E-state index >= 15 is 0 Å². The van der Waals surface area contributed by atoms with Crippen LogP contribution in [-0.2, 0) is 23.2 Å². The van der Waals surface area contributed by atoms with Crippen molar-refractivity contribution in [1.29, 1.82) is 0 Å². The van der Waals surface area contributed by atoms with Crippen molar-refractivity contribution >= 4 is 17.2 Å². The number of piperidine rings is 1. The zero-order chi connectivity index (χ0) is 17.3. The molecule has 1 aromatic carbocycles. The Labute approximate surface area is 152 Å². The van der Waals surface area contributed by atoms with Gasteiger partial charge in [0, 0.05) is 10.3 Å². The molecule has 1 atom stereocenters. The summed E-state index contributed by atoms with van der Waals surface area (Å²) in [6.45, 7) is 2.77. The number of aliphatic hydroxyl groups excluding tert-OH is 1. The van der Waals surface area contributed by atoms with Gasteiger partial charge in [-0.25, -0.2) is 0 Å². The summed E-state index contributed by atoms with van der Waals surface area (Å²) in [5, 5.41) is 15.7. The highest BCUT2D eigenvalue weighted by Crippen LogP contribution is 2.46. The molecule has 2 aromatic rings. The van der Waals surface area contributed by atoms with Crippen molar-refractivity contribution in [2.24, 2.45) is 0 Å². The normalized spacial score (nSPS) is 22.0. The Hall–Kier alpha value is -1.69. The number of rotatable bonds is 4. The molecule has 2 aliphatic rings. The summed E-state index contributed by atoms with van der Waals surface area (Å²) in [6.07, 6.45) is 2.31. The minimum absolute atomic E-state index is 0.0803. The molecule has 4 rings (SSSR count). The van der Waals surface area contributed by atoms with E-state index in [1.54, 1.807) is 11.3 Å². The van der Waals surface area contributed by atoms with Crippen LogP contribution in [0.25, 0.3) is 0 Å². The number of nitrogens with zero attached hydrogens (tertiary/aromatic N) is 1. The van der Waals surface area contributed by atoms with Crippen molar-refractivity contribution in [2.75, 3.05) is 19.6 Å². The molecule has 1 fully saturated rings. The lowest BCUT2D eigenvalue weighted by Gasteiger charge is -2.42. The van der Waals surface area contributed by atoms with Gasteiger partial charge in [0.2, 0.25) is 5.91 Å². The summed E-state index contributed by atoms with van der Waals surface area (Å²) in [7, 11) is 0. The Morgan fingerprint density at radius 1 is 1.24 bits per heavy atom. The number of likely N-dealkylation sites (tertiary alicyclic amines) is 1. The van der Waals surface area contributed by atoms with E-state index in [1.807, 2.05) is 17.5 Å². The molecule has 1 saturated heterocycles. The number of thiophene rings is 1. The fourth-order valence-electron chi connectivity index (χ4n) is 4.34. The number of aliphatic hydroxyl groups is 1. The number of nitrogens with one attached hydrogen (secondary N) is 1. The summed E-state index contributed by atoms with van der Waals surface area (Å²) in [6, 6.07) is 12.5. The van der Waals surface area contributed by atoms with Gasteiger partial charge in [0.1, 0.15) is 0 Å². The summed E-state index contributed by atoms with van der Waals surface area (Å²) < 4.78 is 0. The third kappa shape index (κ3) is 3.24. The Kier molecular flexibility index (Phi) is 4.63. The second-order valence-corrected chi connectivity index (χ2v) is 8.20. The predicted molar refractivity (Wildman–Crippen MR) is 99.7 cm³/mol. The maximum Gasteiger partial charge on any atom is 0.234 e. The Morgan fingerprint density at radius 2 is 2.04 bits per heavy atom. The first-order chi connectivity index (χ1) is 12.2. The van der Waals surface area contributed by atoms with Gasteiger partial charge in [0.15, 0.2) is 0 Å². The first-order valence-electron chi connectivity index (χ1n) is 8.95. The molecule has 2 heterocycles. The lowest BCUT2D eigenvalue weighted by atomic mass is 9.72. The summed E-state index contributed by atoms with van der Waals surface area (Å²) in [5.74, 6) is 0.0803. The van der Waals surface area contributed by atoms with Gasteiger partial charge in [-0.1, -0.05) is 30.3 Å². The van der Waals surface area contributed by atoms with Gasteiger partial charge in [0.25, 0.3) is 0 Å². The van der Waals surface area contributed by atoms with E-state index in [4.69, 9.17) is 0 Å². The standard InChI is InChI=1S/C20H24N2O2S/c23-18-12-15-4-1-2-6-17(15)20(18)7-9-22(10-8-20)14-19(24)21-13-16-5-3-11-25-16/h1-6,11,18,23H,7-10,12-14H2,(H,21,24)/t18-/m1/s1. The van der Waals surface area contributed by atoms with Crippen LogP contribution in [0.15, 0.2) is 41.8 Å². The minimum atomic E-state index is -0.292. The Balaban J connectivity index is 1.33. The molecule has 4 nitrogen and oxygen atoms in total. The van der Waals surface area contributed by atoms with Gasteiger partial charge in [-0.3, -0.25) is 9.69 Å². The summed E-state index contributed by atoms with van der Waals surface area (Å²) >= 11 is 1.66. The van der Waals surface area contributed by atoms with Crippen molar-refractivity contribution in [3.05, 3.63) is 57.8 Å². The quantitative estimate of drug-likeness (QED) is 0.884. The van der Waals surface area contributed by atoms with Gasteiger partial charge in [0.05, 0.1) is 19.2 Å². The van der Waals surface area contributed by atoms with E-state index in [1.165, 1.54) is 16.0 Å². The largest absolute Gasteiger partial charge is 0.392 e. The number of carbonyl (C=O) groups excluding carboxylic acids is 1. The lowest BCUT2D eigenvalue weighted by Crippen LogP contribution is -2.49. The van der Waals surface area contributed by atoms with E-state index in [9.17, 15) is 9.90 Å². The van der Waals surface area contributed by atoms with E-state index in [0.29, 0.717) is 13.1 Å². The van der Waals surface area contributed by atoms with Crippen LogP contribution in [0.3, 0.4) is 0 Å². The van der Waals surface area contributed by atoms with E-state index in [0.717, 1.165) is 32.4 Å². The monoisotopic (exact) mass is 356 g/mol. The van der Waals surface area contributed by atoms with Crippen molar-refractivity contribution < 1.29 is 9.90 Å². The van der Waals surface area contributed by atoms with E-state index in [-0.39, 0.29) is 17.4 Å².